The lowest BCUT2D eigenvalue weighted by Gasteiger charge is -2.32. The summed E-state index contributed by atoms with van der Waals surface area (Å²) >= 11 is 0. The van der Waals surface area contributed by atoms with E-state index in [4.69, 9.17) is 0 Å². The van der Waals surface area contributed by atoms with Crippen molar-refractivity contribution in [1.29, 1.82) is 0 Å². The summed E-state index contributed by atoms with van der Waals surface area (Å²) < 4.78 is 12.8. The van der Waals surface area contributed by atoms with Gasteiger partial charge in [-0.2, -0.15) is 4.39 Å². The average Bonchev–Trinajstić information content (AvgIpc) is 2.32. The van der Waals surface area contributed by atoms with Crippen molar-refractivity contribution >= 4 is 5.91 Å². The fraction of sp³-hybridized carbons (Fsp3) is 0.455. The predicted octanol–water partition coefficient (Wildman–Crippen LogP) is 0.113. The highest BCUT2D eigenvalue weighted by Gasteiger charge is 2.16. The quantitative estimate of drug-likeness (QED) is 0.743. The molecule has 0 saturated carbocycles. The van der Waals surface area contributed by atoms with Crippen LogP contribution < -0.4 is 5.43 Å². The molecule has 6 heteroatoms. The summed E-state index contributed by atoms with van der Waals surface area (Å²) in [4.78, 5) is 17.4. The van der Waals surface area contributed by atoms with Gasteiger partial charge in [0.25, 0.3) is 5.91 Å². The first-order valence-corrected chi connectivity index (χ1v) is 5.51. The van der Waals surface area contributed by atoms with Crippen LogP contribution in [0, 0.1) is 5.95 Å². The lowest BCUT2D eigenvalue weighted by atomic mass is 10.2. The standard InChI is InChI=1S/C11H15FN4O/c1-15-4-6-16(7-5-15)14-11(17)9-2-3-13-10(12)8-9/h2-3,8H,4-7H2,1H3,(H,14,17). The molecule has 1 aromatic rings. The molecule has 92 valence electrons. The van der Waals surface area contributed by atoms with Crippen molar-refractivity contribution in [3.63, 3.8) is 0 Å². The van der Waals surface area contributed by atoms with Crippen molar-refractivity contribution in [2.75, 3.05) is 33.2 Å². The Morgan fingerprint density at radius 3 is 2.76 bits per heavy atom. The Kier molecular flexibility index (Phi) is 3.65. The zero-order valence-electron chi connectivity index (χ0n) is 9.69. The van der Waals surface area contributed by atoms with Gasteiger partial charge in [0.1, 0.15) is 0 Å². The normalized spacial score (nSPS) is 18.0. The topological polar surface area (TPSA) is 48.5 Å². The minimum atomic E-state index is -0.643. The first-order valence-electron chi connectivity index (χ1n) is 5.51. The molecule has 2 heterocycles. The molecule has 0 aromatic carbocycles. The number of carbonyl (C=O) groups excluding carboxylic acids is 1. The number of hydrogen-bond donors (Lipinski definition) is 1. The van der Waals surface area contributed by atoms with Gasteiger partial charge in [-0.1, -0.05) is 0 Å². The van der Waals surface area contributed by atoms with Crippen LogP contribution in [0.4, 0.5) is 4.39 Å². The highest BCUT2D eigenvalue weighted by molar-refractivity contribution is 5.93. The molecule has 1 aliphatic heterocycles. The molecule has 0 unspecified atom stereocenters. The summed E-state index contributed by atoms with van der Waals surface area (Å²) in [5, 5.41) is 1.85. The number of likely N-dealkylation sites (N-methyl/N-ethyl adjacent to an activating group) is 1. The van der Waals surface area contributed by atoms with Crippen LogP contribution in [0.15, 0.2) is 18.3 Å². The predicted molar refractivity (Wildman–Crippen MR) is 60.7 cm³/mol. The van der Waals surface area contributed by atoms with Gasteiger partial charge in [0, 0.05) is 44.0 Å². The number of nitrogens with zero attached hydrogens (tertiary/aromatic N) is 3. The van der Waals surface area contributed by atoms with Crippen LogP contribution in [-0.2, 0) is 0 Å². The van der Waals surface area contributed by atoms with E-state index in [2.05, 4.69) is 15.3 Å². The zero-order chi connectivity index (χ0) is 12.3. The molecule has 1 fully saturated rings. The van der Waals surface area contributed by atoms with Gasteiger partial charge in [0.05, 0.1) is 0 Å². The van der Waals surface area contributed by atoms with Crippen molar-refractivity contribution in [2.45, 2.75) is 0 Å². The summed E-state index contributed by atoms with van der Waals surface area (Å²) in [5.41, 5.74) is 3.04. The lowest BCUT2D eigenvalue weighted by Crippen LogP contribution is -2.52. The number of carbonyl (C=O) groups is 1. The molecule has 0 spiro atoms. The summed E-state index contributed by atoms with van der Waals surface area (Å²) in [6, 6.07) is 2.62. The van der Waals surface area contributed by atoms with Crippen molar-refractivity contribution in [2.24, 2.45) is 0 Å². The van der Waals surface area contributed by atoms with E-state index < -0.39 is 5.95 Å². The van der Waals surface area contributed by atoms with Crippen LogP contribution in [0.1, 0.15) is 10.4 Å². The second kappa shape index (κ2) is 5.20. The number of hydrogen-bond acceptors (Lipinski definition) is 4. The molecule has 0 atom stereocenters. The van der Waals surface area contributed by atoms with Crippen molar-refractivity contribution in [3.8, 4) is 0 Å². The lowest BCUT2D eigenvalue weighted by molar-refractivity contribution is 0.0662. The molecule has 2 rings (SSSR count). The van der Waals surface area contributed by atoms with Crippen LogP contribution in [0.3, 0.4) is 0 Å². The van der Waals surface area contributed by atoms with E-state index in [0.717, 1.165) is 32.2 Å². The highest BCUT2D eigenvalue weighted by atomic mass is 19.1. The molecule has 1 saturated heterocycles. The number of hydrazine groups is 1. The third kappa shape index (κ3) is 3.21. The second-order valence-electron chi connectivity index (χ2n) is 4.10. The van der Waals surface area contributed by atoms with Gasteiger partial charge in [-0.25, -0.2) is 9.99 Å². The van der Waals surface area contributed by atoms with Gasteiger partial charge in [-0.05, 0) is 13.1 Å². The molecule has 0 aliphatic carbocycles. The third-order valence-electron chi connectivity index (χ3n) is 2.75. The summed E-state index contributed by atoms with van der Waals surface area (Å²) in [5.74, 6) is -0.938. The van der Waals surface area contributed by atoms with E-state index in [-0.39, 0.29) is 11.5 Å². The summed E-state index contributed by atoms with van der Waals surface area (Å²) in [7, 11) is 2.04. The Morgan fingerprint density at radius 1 is 1.41 bits per heavy atom. The van der Waals surface area contributed by atoms with Gasteiger partial charge in [-0.3, -0.25) is 10.2 Å². The Hall–Kier alpha value is -1.53. The van der Waals surface area contributed by atoms with Gasteiger partial charge in [0.2, 0.25) is 5.95 Å². The van der Waals surface area contributed by atoms with E-state index in [9.17, 15) is 9.18 Å². The molecule has 0 radical (unpaired) electrons. The van der Waals surface area contributed by atoms with Crippen molar-refractivity contribution in [1.82, 2.24) is 20.3 Å². The van der Waals surface area contributed by atoms with E-state index in [1.807, 2.05) is 12.1 Å². The Balaban J connectivity index is 1.93. The number of nitrogens with one attached hydrogen (secondary N) is 1. The van der Waals surface area contributed by atoms with E-state index >= 15 is 0 Å². The third-order valence-corrected chi connectivity index (χ3v) is 2.75. The minimum Gasteiger partial charge on any atom is -0.304 e. The molecule has 17 heavy (non-hydrogen) atoms. The number of amides is 1. The molecule has 1 aliphatic rings. The van der Waals surface area contributed by atoms with Gasteiger partial charge in [-0.15, -0.1) is 0 Å². The SMILES string of the molecule is CN1CCN(NC(=O)c2ccnc(F)c2)CC1. The Labute approximate surface area is 99.2 Å². The molecule has 5 nitrogen and oxygen atoms in total. The van der Waals surface area contributed by atoms with E-state index in [0.29, 0.717) is 0 Å². The average molecular weight is 238 g/mol. The number of piperazine rings is 1. The Bertz CT molecular complexity index is 404. The van der Waals surface area contributed by atoms with Gasteiger partial charge >= 0.3 is 0 Å². The fourth-order valence-electron chi connectivity index (χ4n) is 1.67. The van der Waals surface area contributed by atoms with Crippen LogP contribution in [0.2, 0.25) is 0 Å². The molecular weight excluding hydrogens is 223 g/mol. The monoisotopic (exact) mass is 238 g/mol. The Morgan fingerprint density at radius 2 is 2.12 bits per heavy atom. The second-order valence-corrected chi connectivity index (χ2v) is 4.10. The molecule has 1 amide bonds. The molecule has 1 aromatic heterocycles. The van der Waals surface area contributed by atoms with Gasteiger partial charge in [0.15, 0.2) is 0 Å². The van der Waals surface area contributed by atoms with E-state index in [1.165, 1.54) is 12.3 Å². The van der Waals surface area contributed by atoms with Crippen molar-refractivity contribution in [3.05, 3.63) is 29.8 Å². The van der Waals surface area contributed by atoms with E-state index in [1.54, 1.807) is 0 Å². The molecular formula is C11H15FN4O. The van der Waals surface area contributed by atoms with Gasteiger partial charge < -0.3 is 4.90 Å². The maximum Gasteiger partial charge on any atom is 0.265 e. The first-order chi connectivity index (χ1) is 8.15. The van der Waals surface area contributed by atoms with Crippen molar-refractivity contribution < 1.29 is 9.18 Å². The number of halogens is 1. The summed E-state index contributed by atoms with van der Waals surface area (Å²) in [6.07, 6.45) is 1.29. The minimum absolute atomic E-state index is 0.288. The maximum absolute atomic E-state index is 12.8. The van der Waals surface area contributed by atoms with Crippen LogP contribution in [0.5, 0.6) is 0 Å². The first kappa shape index (κ1) is 11.9. The van der Waals surface area contributed by atoms with Crippen LogP contribution >= 0.6 is 0 Å². The van der Waals surface area contributed by atoms with Crippen LogP contribution in [-0.4, -0.2) is 54.0 Å². The van der Waals surface area contributed by atoms with Crippen LogP contribution in [0.25, 0.3) is 0 Å². The number of pyridine rings is 1. The highest BCUT2D eigenvalue weighted by Crippen LogP contribution is 2.02. The number of rotatable bonds is 2. The fourth-order valence-corrected chi connectivity index (χ4v) is 1.67. The largest absolute Gasteiger partial charge is 0.304 e. The number of aromatic nitrogens is 1. The summed E-state index contributed by atoms with van der Waals surface area (Å²) in [6.45, 7) is 3.36. The zero-order valence-corrected chi connectivity index (χ0v) is 9.69. The molecule has 1 N–H and O–H groups in total. The molecule has 0 bridgehead atoms. The maximum atomic E-state index is 12.8. The smallest absolute Gasteiger partial charge is 0.265 e.